The first-order valence-electron chi connectivity index (χ1n) is 6.94. The lowest BCUT2D eigenvalue weighted by molar-refractivity contribution is -0.116. The van der Waals surface area contributed by atoms with Gasteiger partial charge in [0.05, 0.1) is 19.0 Å². The standard InChI is InChI=1S/C14H20N4O3/c1-21-14-11(13(15)20)6-10(8-17-14)18-12(19)3-2-9-4-5-16-7-9/h6,8-9,16H,2-5,7H2,1H3,(H2,15,20)(H,18,19). The van der Waals surface area contributed by atoms with Gasteiger partial charge in [0, 0.05) is 6.42 Å². The van der Waals surface area contributed by atoms with Crippen LogP contribution in [-0.2, 0) is 4.79 Å². The number of pyridine rings is 1. The number of anilines is 1. The van der Waals surface area contributed by atoms with Crippen molar-refractivity contribution < 1.29 is 14.3 Å². The lowest BCUT2D eigenvalue weighted by Crippen LogP contribution is -2.17. The van der Waals surface area contributed by atoms with E-state index in [1.807, 2.05) is 0 Å². The molecule has 114 valence electrons. The highest BCUT2D eigenvalue weighted by Crippen LogP contribution is 2.19. The Morgan fingerprint density at radius 1 is 1.57 bits per heavy atom. The molecule has 21 heavy (non-hydrogen) atoms. The predicted molar refractivity (Wildman–Crippen MR) is 78.1 cm³/mol. The van der Waals surface area contributed by atoms with Crippen LogP contribution in [0, 0.1) is 5.92 Å². The number of carbonyl (C=O) groups excluding carboxylic acids is 2. The van der Waals surface area contributed by atoms with Gasteiger partial charge in [0.1, 0.15) is 5.56 Å². The average molecular weight is 292 g/mol. The van der Waals surface area contributed by atoms with Crippen LogP contribution in [0.5, 0.6) is 5.88 Å². The zero-order chi connectivity index (χ0) is 15.2. The number of rotatable bonds is 6. The van der Waals surface area contributed by atoms with Gasteiger partial charge < -0.3 is 21.1 Å². The molecule has 1 aliphatic heterocycles. The number of methoxy groups -OCH3 is 1. The van der Waals surface area contributed by atoms with Gasteiger partial charge in [-0.25, -0.2) is 4.98 Å². The van der Waals surface area contributed by atoms with E-state index in [0.29, 0.717) is 18.0 Å². The van der Waals surface area contributed by atoms with Gasteiger partial charge in [0.25, 0.3) is 5.91 Å². The molecule has 1 aliphatic rings. The molecule has 1 aromatic heterocycles. The van der Waals surface area contributed by atoms with Crippen molar-refractivity contribution in [3.63, 3.8) is 0 Å². The first kappa shape index (κ1) is 15.2. The molecule has 0 bridgehead atoms. The van der Waals surface area contributed by atoms with Crippen molar-refractivity contribution in [1.29, 1.82) is 0 Å². The van der Waals surface area contributed by atoms with E-state index >= 15 is 0 Å². The van der Waals surface area contributed by atoms with Gasteiger partial charge in [-0.05, 0) is 37.9 Å². The number of nitrogens with two attached hydrogens (primary N) is 1. The number of nitrogens with zero attached hydrogens (tertiary/aromatic N) is 1. The highest BCUT2D eigenvalue weighted by molar-refractivity contribution is 5.97. The van der Waals surface area contributed by atoms with Gasteiger partial charge in [-0.15, -0.1) is 0 Å². The molecule has 1 unspecified atom stereocenters. The molecule has 2 heterocycles. The molecule has 0 aliphatic carbocycles. The highest BCUT2D eigenvalue weighted by atomic mass is 16.5. The number of aromatic nitrogens is 1. The molecular weight excluding hydrogens is 272 g/mol. The lowest BCUT2D eigenvalue weighted by Gasteiger charge is -2.10. The molecule has 1 fully saturated rings. The molecule has 1 atom stereocenters. The summed E-state index contributed by atoms with van der Waals surface area (Å²) < 4.78 is 4.95. The Balaban J connectivity index is 1.93. The van der Waals surface area contributed by atoms with Crippen molar-refractivity contribution in [3.8, 4) is 5.88 Å². The second-order valence-electron chi connectivity index (χ2n) is 5.09. The van der Waals surface area contributed by atoms with Crippen LogP contribution < -0.4 is 21.1 Å². The van der Waals surface area contributed by atoms with Crippen molar-refractivity contribution in [2.45, 2.75) is 19.3 Å². The van der Waals surface area contributed by atoms with E-state index in [1.165, 1.54) is 19.4 Å². The van der Waals surface area contributed by atoms with Gasteiger partial charge >= 0.3 is 0 Å². The summed E-state index contributed by atoms with van der Waals surface area (Å²) in [6.45, 7) is 2.00. The molecule has 7 heteroatoms. The minimum absolute atomic E-state index is 0.0933. The number of ether oxygens (including phenoxy) is 1. The normalized spacial score (nSPS) is 17.5. The second kappa shape index (κ2) is 7.03. The molecule has 1 saturated heterocycles. The Bertz CT molecular complexity index is 527. The van der Waals surface area contributed by atoms with E-state index < -0.39 is 5.91 Å². The van der Waals surface area contributed by atoms with Gasteiger partial charge in [-0.2, -0.15) is 0 Å². The Morgan fingerprint density at radius 3 is 3.00 bits per heavy atom. The molecule has 7 nitrogen and oxygen atoms in total. The number of amides is 2. The number of primary amides is 1. The zero-order valence-corrected chi connectivity index (χ0v) is 12.0. The number of hydrogen-bond donors (Lipinski definition) is 3. The number of carbonyl (C=O) groups is 2. The maximum Gasteiger partial charge on any atom is 0.254 e. The molecule has 2 amide bonds. The lowest BCUT2D eigenvalue weighted by atomic mass is 10.0. The topological polar surface area (TPSA) is 106 Å². The summed E-state index contributed by atoms with van der Waals surface area (Å²) in [7, 11) is 1.41. The Labute approximate surface area is 123 Å². The summed E-state index contributed by atoms with van der Waals surface area (Å²) in [5.41, 5.74) is 5.84. The van der Waals surface area contributed by atoms with Crippen molar-refractivity contribution in [2.24, 2.45) is 11.7 Å². The summed E-state index contributed by atoms with van der Waals surface area (Å²) in [4.78, 5) is 27.2. The minimum atomic E-state index is -0.646. The molecule has 0 spiro atoms. The Kier molecular flexibility index (Phi) is 5.10. The number of nitrogens with one attached hydrogen (secondary N) is 2. The van der Waals surface area contributed by atoms with Crippen molar-refractivity contribution in [3.05, 3.63) is 17.8 Å². The first-order chi connectivity index (χ1) is 10.1. The third-order valence-corrected chi connectivity index (χ3v) is 3.54. The fraction of sp³-hybridized carbons (Fsp3) is 0.500. The van der Waals surface area contributed by atoms with Crippen LogP contribution in [0.1, 0.15) is 29.6 Å². The van der Waals surface area contributed by atoms with Gasteiger partial charge in [-0.1, -0.05) is 0 Å². The van der Waals surface area contributed by atoms with E-state index in [1.54, 1.807) is 0 Å². The van der Waals surface area contributed by atoms with E-state index in [-0.39, 0.29) is 17.4 Å². The summed E-state index contributed by atoms with van der Waals surface area (Å²) in [6, 6.07) is 1.48. The average Bonchev–Trinajstić information content (AvgIpc) is 2.98. The molecular formula is C14H20N4O3. The minimum Gasteiger partial charge on any atom is -0.480 e. The monoisotopic (exact) mass is 292 g/mol. The highest BCUT2D eigenvalue weighted by Gasteiger charge is 2.16. The van der Waals surface area contributed by atoms with Crippen molar-refractivity contribution in [1.82, 2.24) is 10.3 Å². The van der Waals surface area contributed by atoms with Gasteiger partial charge in [-0.3, -0.25) is 9.59 Å². The third-order valence-electron chi connectivity index (χ3n) is 3.54. The van der Waals surface area contributed by atoms with Crippen LogP contribution in [-0.4, -0.2) is 37.0 Å². The van der Waals surface area contributed by atoms with Crippen LogP contribution in [0.25, 0.3) is 0 Å². The summed E-state index contributed by atoms with van der Waals surface area (Å²) >= 11 is 0. The summed E-state index contributed by atoms with van der Waals surface area (Å²) in [6.07, 6.45) is 3.86. The molecule has 0 saturated carbocycles. The SMILES string of the molecule is COc1ncc(NC(=O)CCC2CCNC2)cc1C(N)=O. The van der Waals surface area contributed by atoms with E-state index in [0.717, 1.165) is 25.9 Å². The maximum atomic E-state index is 11.9. The van der Waals surface area contributed by atoms with E-state index in [9.17, 15) is 9.59 Å². The van der Waals surface area contributed by atoms with Gasteiger partial charge in [0.15, 0.2) is 0 Å². The van der Waals surface area contributed by atoms with Crippen LogP contribution in [0.3, 0.4) is 0 Å². The molecule has 1 aromatic rings. The Hall–Kier alpha value is -2.15. The van der Waals surface area contributed by atoms with Crippen LogP contribution in [0.4, 0.5) is 5.69 Å². The number of hydrogen-bond acceptors (Lipinski definition) is 5. The van der Waals surface area contributed by atoms with E-state index in [2.05, 4.69) is 15.6 Å². The second-order valence-corrected chi connectivity index (χ2v) is 5.09. The maximum absolute atomic E-state index is 11.9. The first-order valence-corrected chi connectivity index (χ1v) is 6.94. The Morgan fingerprint density at radius 2 is 2.38 bits per heavy atom. The third kappa shape index (κ3) is 4.16. The van der Waals surface area contributed by atoms with E-state index in [4.69, 9.17) is 10.5 Å². The molecule has 4 N–H and O–H groups in total. The van der Waals surface area contributed by atoms with Crippen LogP contribution in [0.15, 0.2) is 12.3 Å². The van der Waals surface area contributed by atoms with Crippen molar-refractivity contribution in [2.75, 3.05) is 25.5 Å². The van der Waals surface area contributed by atoms with Crippen LogP contribution >= 0.6 is 0 Å². The van der Waals surface area contributed by atoms with Crippen molar-refractivity contribution >= 4 is 17.5 Å². The fourth-order valence-corrected chi connectivity index (χ4v) is 2.38. The predicted octanol–water partition coefficient (Wildman–Crippen LogP) is 0.517. The zero-order valence-electron chi connectivity index (χ0n) is 12.0. The summed E-state index contributed by atoms with van der Waals surface area (Å²) in [5.74, 6) is -0.0276. The molecule has 0 radical (unpaired) electrons. The molecule has 0 aromatic carbocycles. The van der Waals surface area contributed by atoms with Gasteiger partial charge in [0.2, 0.25) is 11.8 Å². The summed E-state index contributed by atoms with van der Waals surface area (Å²) in [5, 5.41) is 6.00. The largest absolute Gasteiger partial charge is 0.480 e. The molecule has 2 rings (SSSR count). The smallest absolute Gasteiger partial charge is 0.254 e. The quantitative estimate of drug-likeness (QED) is 0.708. The van der Waals surface area contributed by atoms with Crippen LogP contribution in [0.2, 0.25) is 0 Å². The fourth-order valence-electron chi connectivity index (χ4n) is 2.38.